The number of ether oxygens (including phenoxy) is 1. The molecule has 0 bridgehead atoms. The number of methoxy groups -OCH3 is 1. The van der Waals surface area contributed by atoms with Gasteiger partial charge in [-0.2, -0.15) is 18.4 Å². The second-order valence-corrected chi connectivity index (χ2v) is 9.34. The molecule has 4 rings (SSSR count). The minimum Gasteiger partial charge on any atom is -0.481 e. The van der Waals surface area contributed by atoms with Crippen molar-refractivity contribution in [3.05, 3.63) is 107 Å². The van der Waals surface area contributed by atoms with Gasteiger partial charge in [0.2, 0.25) is 5.88 Å². The Bertz CT molecular complexity index is 1460. The van der Waals surface area contributed by atoms with Gasteiger partial charge in [-0.15, -0.1) is 0 Å². The number of imidazole rings is 1. The Morgan fingerprint density at radius 1 is 1.10 bits per heavy atom. The van der Waals surface area contributed by atoms with Crippen LogP contribution in [0.1, 0.15) is 34.4 Å². The van der Waals surface area contributed by atoms with Crippen LogP contribution in [0.2, 0.25) is 0 Å². The van der Waals surface area contributed by atoms with E-state index in [1.165, 1.54) is 19.2 Å². The third kappa shape index (κ3) is 7.36. The summed E-state index contributed by atoms with van der Waals surface area (Å²) in [5.74, 6) is 0.438. The molecule has 0 amide bonds. The number of rotatable bonds is 10. The van der Waals surface area contributed by atoms with Crippen molar-refractivity contribution in [3.8, 4) is 11.9 Å². The lowest BCUT2D eigenvalue weighted by atomic mass is 10.1. The van der Waals surface area contributed by atoms with Gasteiger partial charge in [-0.25, -0.2) is 9.97 Å². The van der Waals surface area contributed by atoms with Gasteiger partial charge in [-0.3, -0.25) is 0 Å². The van der Waals surface area contributed by atoms with Crippen LogP contribution in [0.15, 0.2) is 79.4 Å². The highest BCUT2D eigenvalue weighted by Crippen LogP contribution is 2.31. The Kier molecular flexibility index (Phi) is 9.35. The number of alkyl halides is 3. The number of benzene rings is 2. The van der Waals surface area contributed by atoms with E-state index >= 15 is 0 Å². The van der Waals surface area contributed by atoms with E-state index in [0.717, 1.165) is 17.3 Å². The van der Waals surface area contributed by atoms with Gasteiger partial charge in [-0.1, -0.05) is 30.3 Å². The van der Waals surface area contributed by atoms with Crippen LogP contribution < -0.4 is 15.0 Å². The molecule has 0 atom stereocenters. The molecule has 0 aliphatic carbocycles. The van der Waals surface area contributed by atoms with Crippen LogP contribution >= 0.6 is 12.2 Å². The van der Waals surface area contributed by atoms with Gasteiger partial charge in [0.05, 0.1) is 42.5 Å². The van der Waals surface area contributed by atoms with E-state index in [4.69, 9.17) is 22.2 Å². The Balaban J connectivity index is 1.44. The highest BCUT2D eigenvalue weighted by atomic mass is 32.1. The van der Waals surface area contributed by atoms with E-state index in [1.807, 2.05) is 27.8 Å². The summed E-state index contributed by atoms with van der Waals surface area (Å²) < 4.78 is 47.6. The monoisotopic (exact) mass is 564 g/mol. The van der Waals surface area contributed by atoms with Crippen molar-refractivity contribution in [1.82, 2.24) is 19.9 Å². The molecule has 0 radical (unpaired) electrons. The number of hydrogen-bond donors (Lipinski definition) is 1. The standard InChI is InChI=1S/C29H27F3N6OS/c1-39-27-13-12-25(18-35-27)38(28(40)36-16-23-5-2-3-7-26(23)29(30,31)32)14-4-6-24-17-34-20-37(24)19-22-10-8-21(15-33)9-11-22/h2-3,5,7-13,17-18,20H,4,6,14,16,19H2,1H3,(H,36,40). The van der Waals surface area contributed by atoms with Gasteiger partial charge < -0.3 is 19.5 Å². The van der Waals surface area contributed by atoms with Crippen molar-refractivity contribution in [1.29, 1.82) is 5.26 Å². The minimum atomic E-state index is -4.46. The number of aryl methyl sites for hydroxylation is 1. The van der Waals surface area contributed by atoms with E-state index in [9.17, 15) is 13.2 Å². The first-order valence-corrected chi connectivity index (χ1v) is 12.9. The van der Waals surface area contributed by atoms with Crippen molar-refractivity contribution in [3.63, 3.8) is 0 Å². The van der Waals surface area contributed by atoms with Crippen LogP contribution in [0.25, 0.3) is 0 Å². The topological polar surface area (TPSA) is 79.0 Å². The molecule has 0 saturated carbocycles. The SMILES string of the molecule is COc1ccc(N(CCCc2cncn2Cc2ccc(C#N)cc2)C(=S)NCc2ccccc2C(F)(F)F)cn1. The Hall–Kier alpha value is -4.43. The molecule has 1 N–H and O–H groups in total. The van der Waals surface area contributed by atoms with Crippen molar-refractivity contribution in [2.75, 3.05) is 18.6 Å². The lowest BCUT2D eigenvalue weighted by molar-refractivity contribution is -0.138. The molecule has 2 aromatic carbocycles. The van der Waals surface area contributed by atoms with Gasteiger partial charge in [-0.05, 0) is 60.5 Å². The number of aromatic nitrogens is 3. The molecule has 7 nitrogen and oxygen atoms in total. The minimum absolute atomic E-state index is 0.0774. The maximum absolute atomic E-state index is 13.5. The summed E-state index contributed by atoms with van der Waals surface area (Å²) in [7, 11) is 1.52. The van der Waals surface area contributed by atoms with Crippen LogP contribution in [0.4, 0.5) is 18.9 Å². The smallest absolute Gasteiger partial charge is 0.416 e. The highest BCUT2D eigenvalue weighted by molar-refractivity contribution is 7.80. The van der Waals surface area contributed by atoms with Crippen LogP contribution in [0, 0.1) is 11.3 Å². The van der Waals surface area contributed by atoms with E-state index in [2.05, 4.69) is 21.4 Å². The Morgan fingerprint density at radius 3 is 2.55 bits per heavy atom. The van der Waals surface area contributed by atoms with Crippen LogP contribution in [-0.4, -0.2) is 33.3 Å². The third-order valence-electron chi connectivity index (χ3n) is 6.29. The van der Waals surface area contributed by atoms with E-state index in [1.54, 1.807) is 42.9 Å². The predicted molar refractivity (Wildman–Crippen MR) is 150 cm³/mol. The lowest BCUT2D eigenvalue weighted by Gasteiger charge is -2.26. The predicted octanol–water partition coefficient (Wildman–Crippen LogP) is 5.74. The second-order valence-electron chi connectivity index (χ2n) is 8.95. The van der Waals surface area contributed by atoms with Crippen LogP contribution in [0.5, 0.6) is 5.88 Å². The fraction of sp³-hybridized carbons (Fsp3) is 0.241. The van der Waals surface area contributed by atoms with Gasteiger partial charge in [0, 0.05) is 37.6 Å². The zero-order valence-electron chi connectivity index (χ0n) is 21.7. The molecule has 206 valence electrons. The molecule has 0 saturated heterocycles. The quantitative estimate of drug-likeness (QED) is 0.246. The van der Waals surface area contributed by atoms with Gasteiger partial charge in [0.15, 0.2) is 5.11 Å². The molecular weight excluding hydrogens is 537 g/mol. The third-order valence-corrected chi connectivity index (χ3v) is 6.65. The summed E-state index contributed by atoms with van der Waals surface area (Å²) in [6.07, 6.45) is 2.12. The molecule has 0 fully saturated rings. The molecule has 0 spiro atoms. The number of thiocarbonyl (C=S) groups is 1. The van der Waals surface area contributed by atoms with Crippen LogP contribution in [-0.2, 0) is 25.7 Å². The maximum Gasteiger partial charge on any atom is 0.416 e. The number of nitrogens with zero attached hydrogens (tertiary/aromatic N) is 5. The van der Waals surface area contributed by atoms with Crippen molar-refractivity contribution >= 4 is 23.0 Å². The first-order chi connectivity index (χ1) is 19.3. The number of pyridine rings is 1. The van der Waals surface area contributed by atoms with Gasteiger partial charge >= 0.3 is 6.18 Å². The number of nitriles is 1. The molecule has 2 heterocycles. The zero-order valence-corrected chi connectivity index (χ0v) is 22.5. The highest BCUT2D eigenvalue weighted by Gasteiger charge is 2.32. The van der Waals surface area contributed by atoms with Gasteiger partial charge in [0.1, 0.15) is 0 Å². The first-order valence-electron chi connectivity index (χ1n) is 12.5. The maximum atomic E-state index is 13.5. The first kappa shape index (κ1) is 28.6. The number of hydrogen-bond acceptors (Lipinski definition) is 5. The number of halogens is 3. The molecule has 2 aromatic heterocycles. The second kappa shape index (κ2) is 13.1. The summed E-state index contributed by atoms with van der Waals surface area (Å²) in [5, 5.41) is 12.3. The molecule has 0 aliphatic heterocycles. The van der Waals surface area contributed by atoms with Crippen molar-refractivity contribution in [2.24, 2.45) is 0 Å². The van der Waals surface area contributed by atoms with Crippen molar-refractivity contribution in [2.45, 2.75) is 32.1 Å². The number of nitrogens with one attached hydrogen (secondary N) is 1. The molecule has 0 unspecified atom stereocenters. The van der Waals surface area contributed by atoms with E-state index in [-0.39, 0.29) is 17.2 Å². The normalized spacial score (nSPS) is 11.1. The fourth-order valence-corrected chi connectivity index (χ4v) is 4.49. The average molecular weight is 565 g/mol. The summed E-state index contributed by atoms with van der Waals surface area (Å²) in [6.45, 7) is 1.03. The molecule has 4 aromatic rings. The summed E-state index contributed by atoms with van der Waals surface area (Å²) >= 11 is 5.63. The lowest BCUT2D eigenvalue weighted by Crippen LogP contribution is -2.40. The summed E-state index contributed by atoms with van der Waals surface area (Å²) in [5.41, 5.74) is 2.78. The molecular formula is C29H27F3N6OS. The molecule has 11 heteroatoms. The zero-order chi connectivity index (χ0) is 28.5. The van der Waals surface area contributed by atoms with E-state index < -0.39 is 11.7 Å². The van der Waals surface area contributed by atoms with Crippen LogP contribution in [0.3, 0.4) is 0 Å². The largest absolute Gasteiger partial charge is 0.481 e. The number of anilines is 1. The molecule has 40 heavy (non-hydrogen) atoms. The summed E-state index contributed by atoms with van der Waals surface area (Å²) in [6, 6.07) is 18.5. The van der Waals surface area contributed by atoms with Crippen molar-refractivity contribution < 1.29 is 17.9 Å². The van der Waals surface area contributed by atoms with E-state index in [0.29, 0.717) is 43.1 Å². The molecule has 0 aliphatic rings. The fourth-order valence-electron chi connectivity index (χ4n) is 4.22. The Morgan fingerprint density at radius 2 is 1.88 bits per heavy atom. The summed E-state index contributed by atoms with van der Waals surface area (Å²) in [4.78, 5) is 10.4. The average Bonchev–Trinajstić information content (AvgIpc) is 3.40. The van der Waals surface area contributed by atoms with Gasteiger partial charge in [0.25, 0.3) is 0 Å². The Labute approximate surface area is 235 Å².